The van der Waals surface area contributed by atoms with Crippen LogP contribution in [-0.2, 0) is 11.2 Å². The second-order valence-electron chi connectivity index (χ2n) is 5.96. The summed E-state index contributed by atoms with van der Waals surface area (Å²) in [6, 6.07) is 5.62. The second kappa shape index (κ2) is 5.52. The first-order chi connectivity index (χ1) is 9.65. The SMILES string of the molecule is O=C(O)CC1CCCN(C2CCc3c(F)cccc32)C1. The van der Waals surface area contributed by atoms with E-state index in [2.05, 4.69) is 4.90 Å². The van der Waals surface area contributed by atoms with E-state index in [0.29, 0.717) is 0 Å². The maximum absolute atomic E-state index is 13.8. The highest BCUT2D eigenvalue weighted by molar-refractivity contribution is 5.67. The Hall–Kier alpha value is -1.42. The van der Waals surface area contributed by atoms with Crippen molar-refractivity contribution >= 4 is 5.97 Å². The summed E-state index contributed by atoms with van der Waals surface area (Å²) in [4.78, 5) is 13.2. The van der Waals surface area contributed by atoms with Crippen LogP contribution in [0.15, 0.2) is 18.2 Å². The van der Waals surface area contributed by atoms with E-state index >= 15 is 0 Å². The fourth-order valence-corrected chi connectivity index (χ4v) is 3.76. The molecule has 2 atom stereocenters. The van der Waals surface area contributed by atoms with Crippen LogP contribution in [0.3, 0.4) is 0 Å². The molecule has 1 heterocycles. The lowest BCUT2D eigenvalue weighted by Gasteiger charge is -2.36. The van der Waals surface area contributed by atoms with Crippen molar-refractivity contribution in [2.75, 3.05) is 13.1 Å². The zero-order chi connectivity index (χ0) is 14.1. The Morgan fingerprint density at radius 1 is 1.40 bits per heavy atom. The van der Waals surface area contributed by atoms with Gasteiger partial charge in [-0.2, -0.15) is 0 Å². The fraction of sp³-hybridized carbons (Fsp3) is 0.562. The molecule has 0 amide bonds. The van der Waals surface area contributed by atoms with Gasteiger partial charge in [0.15, 0.2) is 0 Å². The Bertz CT molecular complexity index is 517. The Balaban J connectivity index is 1.75. The van der Waals surface area contributed by atoms with Crippen molar-refractivity contribution in [3.05, 3.63) is 35.1 Å². The number of carbonyl (C=O) groups is 1. The predicted octanol–water partition coefficient (Wildman–Crippen LogP) is 3.00. The molecular formula is C16H20FNO2. The van der Waals surface area contributed by atoms with Crippen molar-refractivity contribution in [1.82, 2.24) is 4.90 Å². The minimum Gasteiger partial charge on any atom is -0.481 e. The normalized spacial score (nSPS) is 26.4. The van der Waals surface area contributed by atoms with Crippen molar-refractivity contribution in [3.63, 3.8) is 0 Å². The van der Waals surface area contributed by atoms with Gasteiger partial charge in [-0.1, -0.05) is 12.1 Å². The van der Waals surface area contributed by atoms with E-state index in [1.54, 1.807) is 6.07 Å². The first-order valence-corrected chi connectivity index (χ1v) is 7.38. The average Bonchev–Trinajstić information content (AvgIpc) is 2.83. The van der Waals surface area contributed by atoms with E-state index in [1.807, 2.05) is 6.07 Å². The number of carboxylic acid groups (broad SMARTS) is 1. The van der Waals surface area contributed by atoms with E-state index in [9.17, 15) is 9.18 Å². The van der Waals surface area contributed by atoms with E-state index in [4.69, 9.17) is 5.11 Å². The zero-order valence-corrected chi connectivity index (χ0v) is 11.5. The first-order valence-electron chi connectivity index (χ1n) is 7.38. The summed E-state index contributed by atoms with van der Waals surface area (Å²) in [6.07, 6.45) is 4.03. The van der Waals surface area contributed by atoms with Crippen molar-refractivity contribution in [2.24, 2.45) is 5.92 Å². The van der Waals surface area contributed by atoms with Crippen LogP contribution in [0, 0.1) is 11.7 Å². The smallest absolute Gasteiger partial charge is 0.303 e. The molecule has 2 unspecified atom stereocenters. The number of hydrogen-bond donors (Lipinski definition) is 1. The molecular weight excluding hydrogens is 257 g/mol. The number of piperidine rings is 1. The fourth-order valence-electron chi connectivity index (χ4n) is 3.76. The Labute approximate surface area is 118 Å². The molecule has 0 saturated carbocycles. The molecule has 0 spiro atoms. The van der Waals surface area contributed by atoms with E-state index in [-0.39, 0.29) is 24.2 Å². The van der Waals surface area contributed by atoms with E-state index < -0.39 is 5.97 Å². The third kappa shape index (κ3) is 2.57. The topological polar surface area (TPSA) is 40.5 Å². The summed E-state index contributed by atoms with van der Waals surface area (Å²) >= 11 is 0. The minimum absolute atomic E-state index is 0.0934. The molecule has 1 aliphatic carbocycles. The first kappa shape index (κ1) is 13.6. The summed E-state index contributed by atoms with van der Waals surface area (Å²) in [5.41, 5.74) is 1.97. The van der Waals surface area contributed by atoms with Gasteiger partial charge in [0.25, 0.3) is 0 Å². The van der Waals surface area contributed by atoms with Gasteiger partial charge in [-0.25, -0.2) is 4.39 Å². The molecule has 4 heteroatoms. The number of nitrogens with zero attached hydrogens (tertiary/aromatic N) is 1. The highest BCUT2D eigenvalue weighted by Gasteiger charge is 2.32. The molecule has 0 radical (unpaired) electrons. The number of fused-ring (bicyclic) bond motifs is 1. The summed E-state index contributed by atoms with van der Waals surface area (Å²) in [5.74, 6) is -0.572. The van der Waals surface area contributed by atoms with Crippen molar-refractivity contribution in [3.8, 4) is 0 Å². The van der Waals surface area contributed by atoms with Crippen molar-refractivity contribution < 1.29 is 14.3 Å². The number of aliphatic carboxylic acids is 1. The Morgan fingerprint density at radius 2 is 2.25 bits per heavy atom. The molecule has 1 N–H and O–H groups in total. The number of benzene rings is 1. The van der Waals surface area contributed by atoms with E-state index in [1.165, 1.54) is 6.07 Å². The van der Waals surface area contributed by atoms with Gasteiger partial charge in [0, 0.05) is 19.0 Å². The molecule has 0 aromatic heterocycles. The minimum atomic E-state index is -0.713. The molecule has 2 aliphatic rings. The van der Waals surface area contributed by atoms with Gasteiger partial charge in [-0.05, 0) is 55.3 Å². The van der Waals surface area contributed by atoms with E-state index in [0.717, 1.165) is 49.9 Å². The summed E-state index contributed by atoms with van der Waals surface area (Å²) in [6.45, 7) is 1.82. The second-order valence-corrected chi connectivity index (χ2v) is 5.96. The molecule has 3 rings (SSSR count). The predicted molar refractivity (Wildman–Crippen MR) is 74.0 cm³/mol. The van der Waals surface area contributed by atoms with Gasteiger partial charge in [0.1, 0.15) is 5.82 Å². The van der Waals surface area contributed by atoms with Crippen LogP contribution < -0.4 is 0 Å². The molecule has 1 aliphatic heterocycles. The van der Waals surface area contributed by atoms with Crippen molar-refractivity contribution in [2.45, 2.75) is 38.1 Å². The lowest BCUT2D eigenvalue weighted by Crippen LogP contribution is -2.38. The third-order valence-corrected chi connectivity index (χ3v) is 4.64. The summed E-state index contributed by atoms with van der Waals surface area (Å²) in [5, 5.41) is 8.94. The average molecular weight is 277 g/mol. The van der Waals surface area contributed by atoms with Crippen LogP contribution >= 0.6 is 0 Å². The van der Waals surface area contributed by atoms with Gasteiger partial charge >= 0.3 is 5.97 Å². The molecule has 108 valence electrons. The van der Waals surface area contributed by atoms with Gasteiger partial charge in [0.2, 0.25) is 0 Å². The molecule has 1 aromatic rings. The molecule has 1 saturated heterocycles. The van der Waals surface area contributed by atoms with Crippen LogP contribution in [0.1, 0.15) is 42.9 Å². The van der Waals surface area contributed by atoms with Crippen LogP contribution in [-0.4, -0.2) is 29.1 Å². The zero-order valence-electron chi connectivity index (χ0n) is 11.5. The van der Waals surface area contributed by atoms with Crippen LogP contribution in [0.25, 0.3) is 0 Å². The quantitative estimate of drug-likeness (QED) is 0.923. The highest BCUT2D eigenvalue weighted by atomic mass is 19.1. The standard InChI is InChI=1S/C16H20FNO2/c17-14-5-1-4-13-12(14)6-7-15(13)18-8-2-3-11(10-18)9-16(19)20/h1,4-5,11,15H,2-3,6-10H2,(H,19,20). The third-order valence-electron chi connectivity index (χ3n) is 4.64. The Kier molecular flexibility index (Phi) is 3.74. The lowest BCUT2D eigenvalue weighted by atomic mass is 9.93. The van der Waals surface area contributed by atoms with Gasteiger partial charge in [-0.15, -0.1) is 0 Å². The van der Waals surface area contributed by atoms with Gasteiger partial charge < -0.3 is 5.11 Å². The number of rotatable bonds is 3. The number of hydrogen-bond acceptors (Lipinski definition) is 2. The van der Waals surface area contributed by atoms with Crippen LogP contribution in [0.2, 0.25) is 0 Å². The molecule has 3 nitrogen and oxygen atoms in total. The van der Waals surface area contributed by atoms with Crippen LogP contribution in [0.4, 0.5) is 4.39 Å². The number of halogens is 1. The van der Waals surface area contributed by atoms with Crippen molar-refractivity contribution in [1.29, 1.82) is 0 Å². The highest BCUT2D eigenvalue weighted by Crippen LogP contribution is 2.39. The maximum atomic E-state index is 13.8. The number of likely N-dealkylation sites (tertiary alicyclic amines) is 1. The molecule has 20 heavy (non-hydrogen) atoms. The van der Waals surface area contributed by atoms with Crippen LogP contribution in [0.5, 0.6) is 0 Å². The summed E-state index contributed by atoms with van der Waals surface area (Å²) < 4.78 is 13.8. The van der Waals surface area contributed by atoms with Gasteiger partial charge in [0.05, 0.1) is 0 Å². The summed E-state index contributed by atoms with van der Waals surface area (Å²) in [7, 11) is 0. The van der Waals surface area contributed by atoms with Gasteiger partial charge in [-0.3, -0.25) is 9.69 Å². The molecule has 1 fully saturated rings. The monoisotopic (exact) mass is 277 g/mol. The number of carboxylic acids is 1. The molecule has 1 aromatic carbocycles. The molecule has 0 bridgehead atoms. The maximum Gasteiger partial charge on any atom is 0.303 e. The largest absolute Gasteiger partial charge is 0.481 e. The Morgan fingerprint density at radius 3 is 3.05 bits per heavy atom. The lowest BCUT2D eigenvalue weighted by molar-refractivity contribution is -0.138.